The normalized spacial score (nSPS) is 12.8. The summed E-state index contributed by atoms with van der Waals surface area (Å²) in [6.45, 7) is 2.55. The Bertz CT molecular complexity index is 1390. The number of carbonyl (C=O) groups excluding carboxylic acids is 3. The largest absolute Gasteiger partial charge is 0.494 e. The maximum atomic E-state index is 13.0. The van der Waals surface area contributed by atoms with Crippen LogP contribution in [0.15, 0.2) is 66.9 Å². The Morgan fingerprint density at radius 2 is 1.76 bits per heavy atom. The fourth-order valence-corrected chi connectivity index (χ4v) is 3.75. The number of pyridine rings is 1. The number of amides is 3. The Morgan fingerprint density at radius 1 is 0.970 bits per heavy atom. The molecule has 0 fully saturated rings. The van der Waals surface area contributed by atoms with Gasteiger partial charge in [0.1, 0.15) is 5.75 Å². The second kappa shape index (κ2) is 8.19. The van der Waals surface area contributed by atoms with Gasteiger partial charge in [-0.3, -0.25) is 18.8 Å². The van der Waals surface area contributed by atoms with E-state index in [0.717, 1.165) is 4.90 Å². The molecule has 0 spiro atoms. The van der Waals surface area contributed by atoms with E-state index in [2.05, 4.69) is 15.5 Å². The summed E-state index contributed by atoms with van der Waals surface area (Å²) in [6, 6.07) is 16.7. The van der Waals surface area contributed by atoms with Gasteiger partial charge < -0.3 is 10.1 Å². The van der Waals surface area contributed by atoms with Crippen LogP contribution >= 0.6 is 0 Å². The summed E-state index contributed by atoms with van der Waals surface area (Å²) < 4.78 is 7.19. The molecule has 2 aromatic heterocycles. The number of rotatable bonds is 6. The van der Waals surface area contributed by atoms with Crippen molar-refractivity contribution in [3.05, 3.63) is 89.4 Å². The molecule has 0 radical (unpaired) electrons. The first kappa shape index (κ1) is 20.4. The number of benzene rings is 2. The van der Waals surface area contributed by atoms with Crippen LogP contribution in [0.25, 0.3) is 5.65 Å². The monoisotopic (exact) mass is 441 g/mol. The van der Waals surface area contributed by atoms with Crippen LogP contribution < -0.4 is 15.0 Å². The van der Waals surface area contributed by atoms with Crippen molar-refractivity contribution in [1.29, 1.82) is 0 Å². The smallest absolute Gasteiger partial charge is 0.266 e. The average Bonchev–Trinajstić information content (AvgIpc) is 3.36. The number of nitrogens with one attached hydrogen (secondary N) is 1. The molecule has 0 saturated carbocycles. The molecule has 4 aromatic rings. The molecule has 0 aliphatic carbocycles. The van der Waals surface area contributed by atoms with Crippen molar-refractivity contribution in [2.45, 2.75) is 13.5 Å². The summed E-state index contributed by atoms with van der Waals surface area (Å²) >= 11 is 0. The lowest BCUT2D eigenvalue weighted by Crippen LogP contribution is -2.29. The minimum atomic E-state index is -0.475. The van der Waals surface area contributed by atoms with Gasteiger partial charge in [0.05, 0.1) is 30.0 Å². The molecule has 9 nitrogen and oxygen atoms in total. The van der Waals surface area contributed by atoms with Gasteiger partial charge >= 0.3 is 0 Å². The van der Waals surface area contributed by atoms with E-state index in [1.54, 1.807) is 28.7 Å². The first-order chi connectivity index (χ1) is 16.1. The van der Waals surface area contributed by atoms with Crippen molar-refractivity contribution in [2.24, 2.45) is 0 Å². The molecule has 33 heavy (non-hydrogen) atoms. The molecule has 1 aliphatic rings. The number of aromatic nitrogens is 3. The number of ether oxygens (including phenoxy) is 1. The first-order valence-corrected chi connectivity index (χ1v) is 10.4. The van der Waals surface area contributed by atoms with Crippen LogP contribution in [-0.2, 0) is 6.54 Å². The highest BCUT2D eigenvalue weighted by molar-refractivity contribution is 6.34. The van der Waals surface area contributed by atoms with E-state index in [1.807, 2.05) is 31.3 Å². The van der Waals surface area contributed by atoms with E-state index in [0.29, 0.717) is 29.5 Å². The predicted molar refractivity (Wildman–Crippen MR) is 119 cm³/mol. The lowest BCUT2D eigenvalue weighted by atomic mass is 10.1. The van der Waals surface area contributed by atoms with Gasteiger partial charge in [-0.2, -0.15) is 0 Å². The van der Waals surface area contributed by atoms with Crippen LogP contribution in [0.5, 0.6) is 5.75 Å². The van der Waals surface area contributed by atoms with E-state index >= 15 is 0 Å². The zero-order chi connectivity index (χ0) is 22.9. The lowest BCUT2D eigenvalue weighted by Gasteiger charge is -2.14. The Kier molecular flexibility index (Phi) is 5.06. The quantitative estimate of drug-likeness (QED) is 0.461. The Hall–Kier alpha value is -4.53. The molecule has 3 amide bonds. The molecular formula is C24H19N5O4. The third kappa shape index (κ3) is 3.59. The highest BCUT2D eigenvalue weighted by Crippen LogP contribution is 2.30. The van der Waals surface area contributed by atoms with E-state index in [-0.39, 0.29) is 29.1 Å². The number of carbonyl (C=O) groups is 3. The van der Waals surface area contributed by atoms with E-state index < -0.39 is 11.8 Å². The van der Waals surface area contributed by atoms with Crippen molar-refractivity contribution in [3.8, 4) is 5.75 Å². The molecule has 0 saturated heterocycles. The number of fused-ring (bicyclic) bond motifs is 2. The van der Waals surface area contributed by atoms with Gasteiger partial charge in [-0.05, 0) is 61.5 Å². The molecule has 0 unspecified atom stereocenters. The molecule has 1 aliphatic heterocycles. The number of hydrogen-bond donors (Lipinski definition) is 1. The van der Waals surface area contributed by atoms with Gasteiger partial charge in [0.15, 0.2) is 11.5 Å². The van der Waals surface area contributed by atoms with Crippen molar-refractivity contribution >= 4 is 29.1 Å². The summed E-state index contributed by atoms with van der Waals surface area (Å²) in [4.78, 5) is 39.7. The van der Waals surface area contributed by atoms with Crippen molar-refractivity contribution in [3.63, 3.8) is 0 Å². The van der Waals surface area contributed by atoms with Gasteiger partial charge in [-0.1, -0.05) is 6.07 Å². The summed E-state index contributed by atoms with van der Waals surface area (Å²) in [5.74, 6) is -0.0612. The standard InChI is InChI=1S/C24H19N5O4/c1-2-33-17-9-7-16(8-10-17)29-23(31)18-11-6-15(13-19(18)24(29)32)22(30)25-14-21-27-26-20-5-3-4-12-28(20)21/h3-13H,2,14H2,1H3,(H,25,30). The average molecular weight is 441 g/mol. The maximum Gasteiger partial charge on any atom is 0.266 e. The second-order valence-corrected chi connectivity index (χ2v) is 7.36. The van der Waals surface area contributed by atoms with Crippen molar-refractivity contribution in [2.75, 3.05) is 11.5 Å². The van der Waals surface area contributed by atoms with E-state index in [4.69, 9.17) is 4.74 Å². The van der Waals surface area contributed by atoms with Crippen LogP contribution in [0.4, 0.5) is 5.69 Å². The van der Waals surface area contributed by atoms with Gasteiger partial charge in [-0.15, -0.1) is 10.2 Å². The summed E-state index contributed by atoms with van der Waals surface area (Å²) in [7, 11) is 0. The number of imide groups is 1. The zero-order valence-electron chi connectivity index (χ0n) is 17.7. The third-order valence-corrected chi connectivity index (χ3v) is 5.35. The lowest BCUT2D eigenvalue weighted by molar-refractivity contribution is 0.0923. The first-order valence-electron chi connectivity index (χ1n) is 10.4. The molecule has 2 aromatic carbocycles. The van der Waals surface area contributed by atoms with Crippen LogP contribution in [0, 0.1) is 0 Å². The Labute approximate surface area is 188 Å². The number of anilines is 1. The van der Waals surface area contributed by atoms with Crippen molar-refractivity contribution in [1.82, 2.24) is 19.9 Å². The Morgan fingerprint density at radius 3 is 2.55 bits per heavy atom. The molecule has 5 rings (SSSR count). The van der Waals surface area contributed by atoms with Crippen LogP contribution in [0.1, 0.15) is 43.8 Å². The molecule has 0 bridgehead atoms. The fourth-order valence-electron chi connectivity index (χ4n) is 3.75. The van der Waals surface area contributed by atoms with Gasteiger partial charge in [-0.25, -0.2) is 4.90 Å². The van der Waals surface area contributed by atoms with E-state index in [9.17, 15) is 14.4 Å². The molecule has 1 N–H and O–H groups in total. The second-order valence-electron chi connectivity index (χ2n) is 7.36. The Balaban J connectivity index is 1.34. The SMILES string of the molecule is CCOc1ccc(N2C(=O)c3ccc(C(=O)NCc4nnc5ccccn45)cc3C2=O)cc1. The molecule has 0 atom stereocenters. The fraction of sp³-hybridized carbons (Fsp3) is 0.125. The molecule has 164 valence electrons. The summed E-state index contributed by atoms with van der Waals surface area (Å²) in [6.07, 6.45) is 1.81. The third-order valence-electron chi connectivity index (χ3n) is 5.35. The molecular weight excluding hydrogens is 422 g/mol. The predicted octanol–water partition coefficient (Wildman–Crippen LogP) is 2.86. The highest BCUT2D eigenvalue weighted by Gasteiger charge is 2.37. The van der Waals surface area contributed by atoms with Gasteiger partial charge in [0, 0.05) is 11.8 Å². The molecule has 9 heteroatoms. The summed E-state index contributed by atoms with van der Waals surface area (Å²) in [5, 5.41) is 10.9. The highest BCUT2D eigenvalue weighted by atomic mass is 16.5. The van der Waals surface area contributed by atoms with Crippen LogP contribution in [0.2, 0.25) is 0 Å². The van der Waals surface area contributed by atoms with Crippen LogP contribution in [-0.4, -0.2) is 38.9 Å². The minimum Gasteiger partial charge on any atom is -0.494 e. The summed E-state index contributed by atoms with van der Waals surface area (Å²) in [5.41, 5.74) is 1.84. The van der Waals surface area contributed by atoms with Gasteiger partial charge in [0.25, 0.3) is 17.7 Å². The van der Waals surface area contributed by atoms with Gasteiger partial charge in [0.2, 0.25) is 0 Å². The topological polar surface area (TPSA) is 106 Å². The number of nitrogens with zero attached hydrogens (tertiary/aromatic N) is 4. The number of hydrogen-bond acceptors (Lipinski definition) is 6. The minimum absolute atomic E-state index is 0.159. The zero-order valence-corrected chi connectivity index (χ0v) is 17.7. The maximum absolute atomic E-state index is 13.0. The van der Waals surface area contributed by atoms with E-state index in [1.165, 1.54) is 18.2 Å². The molecule has 3 heterocycles. The van der Waals surface area contributed by atoms with Crippen molar-refractivity contribution < 1.29 is 19.1 Å². The van der Waals surface area contributed by atoms with Crippen LogP contribution in [0.3, 0.4) is 0 Å².